The van der Waals surface area contributed by atoms with Crippen LogP contribution >= 0.6 is 11.3 Å². The lowest BCUT2D eigenvalue weighted by Gasteiger charge is -2.16. The zero-order chi connectivity index (χ0) is 14.6. The fraction of sp³-hybridized carbons (Fsp3) is 0.286. The molecular weight excluding hydrogens is 292 g/mol. The minimum absolute atomic E-state index is 0.249. The molecule has 0 saturated carbocycles. The molecule has 6 heteroatoms. The summed E-state index contributed by atoms with van der Waals surface area (Å²) in [5, 5.41) is 6.96. The molecule has 2 rings (SSSR count). The molecule has 0 saturated heterocycles. The molecule has 0 aliphatic rings. The SMILES string of the molecule is CCNc1ccccc1S(=O)(=O)NC(C)c1ccsc1. The van der Waals surface area contributed by atoms with Gasteiger partial charge in [-0.3, -0.25) is 0 Å². The number of sulfonamides is 1. The van der Waals surface area contributed by atoms with Crippen LogP contribution in [0.3, 0.4) is 0 Å². The molecule has 1 aromatic carbocycles. The Kier molecular flexibility index (Phi) is 4.80. The van der Waals surface area contributed by atoms with E-state index >= 15 is 0 Å². The van der Waals surface area contributed by atoms with Gasteiger partial charge in [0.1, 0.15) is 4.90 Å². The van der Waals surface area contributed by atoms with Crippen molar-refractivity contribution in [1.29, 1.82) is 0 Å². The molecule has 1 atom stereocenters. The van der Waals surface area contributed by atoms with E-state index in [9.17, 15) is 8.42 Å². The van der Waals surface area contributed by atoms with E-state index in [2.05, 4.69) is 10.0 Å². The molecule has 2 aromatic rings. The van der Waals surface area contributed by atoms with Gasteiger partial charge in [0, 0.05) is 12.6 Å². The van der Waals surface area contributed by atoms with Crippen LogP contribution in [0.4, 0.5) is 5.69 Å². The standard InChI is InChI=1S/C14H18N2O2S2/c1-3-15-13-6-4-5-7-14(13)20(17,18)16-11(2)12-8-9-19-10-12/h4-11,15-16H,3H2,1-2H3. The Morgan fingerprint density at radius 2 is 2.00 bits per heavy atom. The fourth-order valence-electron chi connectivity index (χ4n) is 1.92. The Morgan fingerprint density at radius 1 is 1.25 bits per heavy atom. The van der Waals surface area contributed by atoms with E-state index in [0.717, 1.165) is 5.56 Å². The van der Waals surface area contributed by atoms with Gasteiger partial charge >= 0.3 is 0 Å². The molecule has 2 N–H and O–H groups in total. The summed E-state index contributed by atoms with van der Waals surface area (Å²) in [6, 6.07) is 8.60. The Hall–Kier alpha value is -1.37. The van der Waals surface area contributed by atoms with Crippen LogP contribution < -0.4 is 10.0 Å². The van der Waals surface area contributed by atoms with Gasteiger partial charge in [-0.25, -0.2) is 13.1 Å². The number of hydrogen-bond donors (Lipinski definition) is 2. The molecular formula is C14H18N2O2S2. The van der Waals surface area contributed by atoms with Crippen molar-refractivity contribution in [1.82, 2.24) is 4.72 Å². The first-order valence-electron chi connectivity index (χ1n) is 6.42. The second-order valence-electron chi connectivity index (χ2n) is 4.43. The highest BCUT2D eigenvalue weighted by Crippen LogP contribution is 2.23. The average molecular weight is 310 g/mol. The highest BCUT2D eigenvalue weighted by molar-refractivity contribution is 7.89. The molecule has 1 heterocycles. The van der Waals surface area contributed by atoms with E-state index in [1.807, 2.05) is 36.7 Å². The normalized spacial score (nSPS) is 13.1. The second-order valence-corrected chi connectivity index (χ2v) is 6.89. The third-order valence-electron chi connectivity index (χ3n) is 2.92. The minimum atomic E-state index is -3.55. The van der Waals surface area contributed by atoms with Gasteiger partial charge in [0.05, 0.1) is 5.69 Å². The van der Waals surface area contributed by atoms with E-state index in [0.29, 0.717) is 12.2 Å². The molecule has 1 aromatic heterocycles. The number of nitrogens with one attached hydrogen (secondary N) is 2. The Balaban J connectivity index is 2.27. The molecule has 0 radical (unpaired) electrons. The lowest BCUT2D eigenvalue weighted by molar-refractivity contribution is 0.567. The van der Waals surface area contributed by atoms with Gasteiger partial charge in [-0.2, -0.15) is 11.3 Å². The zero-order valence-corrected chi connectivity index (χ0v) is 13.1. The predicted molar refractivity (Wildman–Crippen MR) is 83.7 cm³/mol. The van der Waals surface area contributed by atoms with Crippen molar-refractivity contribution in [2.24, 2.45) is 0 Å². The van der Waals surface area contributed by atoms with Crippen molar-refractivity contribution in [2.75, 3.05) is 11.9 Å². The quantitative estimate of drug-likeness (QED) is 0.861. The van der Waals surface area contributed by atoms with Crippen molar-refractivity contribution in [3.63, 3.8) is 0 Å². The molecule has 4 nitrogen and oxygen atoms in total. The summed E-state index contributed by atoms with van der Waals surface area (Å²) in [7, 11) is -3.55. The highest BCUT2D eigenvalue weighted by Gasteiger charge is 2.21. The van der Waals surface area contributed by atoms with Crippen LogP contribution in [0.15, 0.2) is 46.0 Å². The van der Waals surface area contributed by atoms with Crippen LogP contribution in [0.5, 0.6) is 0 Å². The molecule has 20 heavy (non-hydrogen) atoms. The van der Waals surface area contributed by atoms with Gasteiger partial charge in [-0.1, -0.05) is 12.1 Å². The van der Waals surface area contributed by atoms with Crippen LogP contribution in [-0.2, 0) is 10.0 Å². The highest BCUT2D eigenvalue weighted by atomic mass is 32.2. The maximum Gasteiger partial charge on any atom is 0.243 e. The van der Waals surface area contributed by atoms with Crippen molar-refractivity contribution < 1.29 is 8.42 Å². The number of anilines is 1. The predicted octanol–water partition coefficient (Wildman–Crippen LogP) is 3.22. The van der Waals surface area contributed by atoms with Crippen molar-refractivity contribution in [2.45, 2.75) is 24.8 Å². The molecule has 0 fully saturated rings. The van der Waals surface area contributed by atoms with E-state index < -0.39 is 10.0 Å². The maximum absolute atomic E-state index is 12.5. The maximum atomic E-state index is 12.5. The molecule has 0 aliphatic heterocycles. The molecule has 1 unspecified atom stereocenters. The van der Waals surface area contributed by atoms with Gasteiger partial charge in [0.15, 0.2) is 0 Å². The number of benzene rings is 1. The van der Waals surface area contributed by atoms with E-state index in [-0.39, 0.29) is 10.9 Å². The van der Waals surface area contributed by atoms with Crippen LogP contribution in [-0.4, -0.2) is 15.0 Å². The second kappa shape index (κ2) is 6.39. The summed E-state index contributed by atoms with van der Waals surface area (Å²) < 4.78 is 27.7. The number of rotatable bonds is 6. The van der Waals surface area contributed by atoms with Crippen LogP contribution in [0, 0.1) is 0 Å². The first-order chi connectivity index (χ1) is 9.54. The Morgan fingerprint density at radius 3 is 2.65 bits per heavy atom. The smallest absolute Gasteiger partial charge is 0.243 e. The largest absolute Gasteiger partial charge is 0.384 e. The monoisotopic (exact) mass is 310 g/mol. The summed E-state index contributed by atoms with van der Waals surface area (Å²) in [5.41, 5.74) is 1.60. The van der Waals surface area contributed by atoms with Crippen molar-refractivity contribution in [3.05, 3.63) is 46.7 Å². The Labute approximate surface area is 123 Å². The van der Waals surface area contributed by atoms with Gasteiger partial charge in [-0.15, -0.1) is 0 Å². The van der Waals surface area contributed by atoms with Gasteiger partial charge in [0.25, 0.3) is 0 Å². The first kappa shape index (κ1) is 15.0. The molecule has 0 amide bonds. The lowest BCUT2D eigenvalue weighted by Crippen LogP contribution is -2.27. The first-order valence-corrected chi connectivity index (χ1v) is 8.84. The van der Waals surface area contributed by atoms with E-state index in [4.69, 9.17) is 0 Å². The fourth-order valence-corrected chi connectivity index (χ4v) is 4.09. The lowest BCUT2D eigenvalue weighted by atomic mass is 10.2. The summed E-state index contributed by atoms with van der Waals surface area (Å²) >= 11 is 1.55. The summed E-state index contributed by atoms with van der Waals surface area (Å²) in [4.78, 5) is 0.281. The van der Waals surface area contributed by atoms with Crippen LogP contribution in [0.1, 0.15) is 25.5 Å². The average Bonchev–Trinajstić information content (AvgIpc) is 2.93. The summed E-state index contributed by atoms with van der Waals surface area (Å²) in [6.45, 7) is 4.45. The number of para-hydroxylation sites is 1. The molecule has 0 aliphatic carbocycles. The third kappa shape index (κ3) is 3.39. The molecule has 108 valence electrons. The van der Waals surface area contributed by atoms with E-state index in [1.54, 1.807) is 29.5 Å². The summed E-state index contributed by atoms with van der Waals surface area (Å²) in [5.74, 6) is 0. The number of thiophene rings is 1. The van der Waals surface area contributed by atoms with Gasteiger partial charge in [-0.05, 0) is 48.4 Å². The van der Waals surface area contributed by atoms with Gasteiger partial charge in [0.2, 0.25) is 10.0 Å². The van der Waals surface area contributed by atoms with Crippen molar-refractivity contribution in [3.8, 4) is 0 Å². The van der Waals surface area contributed by atoms with Gasteiger partial charge < -0.3 is 5.32 Å². The van der Waals surface area contributed by atoms with Crippen LogP contribution in [0.2, 0.25) is 0 Å². The van der Waals surface area contributed by atoms with Crippen LogP contribution in [0.25, 0.3) is 0 Å². The minimum Gasteiger partial charge on any atom is -0.384 e. The molecule has 0 bridgehead atoms. The summed E-state index contributed by atoms with van der Waals surface area (Å²) in [6.07, 6.45) is 0. The Bertz CT molecular complexity index is 652. The van der Waals surface area contributed by atoms with Crippen molar-refractivity contribution >= 4 is 27.0 Å². The zero-order valence-electron chi connectivity index (χ0n) is 11.5. The molecule has 0 spiro atoms. The van der Waals surface area contributed by atoms with E-state index in [1.165, 1.54) is 0 Å². The number of hydrogen-bond acceptors (Lipinski definition) is 4. The topological polar surface area (TPSA) is 58.2 Å². The third-order valence-corrected chi connectivity index (χ3v) is 5.22.